The highest BCUT2D eigenvalue weighted by Gasteiger charge is 2.16. The van der Waals surface area contributed by atoms with Crippen molar-refractivity contribution in [2.45, 2.75) is 20.0 Å². The summed E-state index contributed by atoms with van der Waals surface area (Å²) in [7, 11) is 0. The molecule has 0 unspecified atom stereocenters. The molecule has 0 radical (unpaired) electrons. The molecule has 2 aromatic carbocycles. The lowest BCUT2D eigenvalue weighted by Gasteiger charge is -2.15. The Kier molecular flexibility index (Phi) is 7.83. The fourth-order valence-electron chi connectivity index (χ4n) is 2.17. The quantitative estimate of drug-likeness (QED) is 0.596. The van der Waals surface area contributed by atoms with Gasteiger partial charge in [-0.05, 0) is 50.2 Å². The van der Waals surface area contributed by atoms with Crippen molar-refractivity contribution < 1.29 is 23.9 Å². The summed E-state index contributed by atoms with van der Waals surface area (Å²) in [5.41, 5.74) is 4.93. The van der Waals surface area contributed by atoms with Crippen molar-refractivity contribution >= 4 is 17.7 Å². The summed E-state index contributed by atoms with van der Waals surface area (Å²) < 4.78 is 10.8. The zero-order valence-corrected chi connectivity index (χ0v) is 15.7. The molecule has 148 valence electrons. The van der Waals surface area contributed by atoms with Gasteiger partial charge in [-0.3, -0.25) is 25.2 Å². The Bertz CT molecular complexity index is 793. The molecule has 0 saturated carbocycles. The van der Waals surface area contributed by atoms with Crippen molar-refractivity contribution in [1.29, 1.82) is 0 Å². The number of rotatable bonds is 8. The first-order valence-corrected chi connectivity index (χ1v) is 8.81. The maximum Gasteiger partial charge on any atom is 0.279 e. The summed E-state index contributed by atoms with van der Waals surface area (Å²) in [5, 5.41) is 2.46. The number of hydrogen-bond acceptors (Lipinski definition) is 5. The third kappa shape index (κ3) is 6.64. The van der Waals surface area contributed by atoms with Crippen molar-refractivity contribution in [3.05, 3.63) is 60.2 Å². The minimum atomic E-state index is -0.836. The zero-order chi connectivity index (χ0) is 20.4. The average Bonchev–Trinajstić information content (AvgIpc) is 2.72. The Morgan fingerprint density at radius 3 is 2.21 bits per heavy atom. The molecular weight excluding hydrogens is 362 g/mol. The molecule has 3 N–H and O–H groups in total. The largest absolute Gasteiger partial charge is 0.494 e. The molecule has 3 amide bonds. The molecule has 0 saturated heterocycles. The SMILES string of the molecule is CCOc1ccc(O[C@@H](C)C(=O)NNC(=O)CNC(=O)c2ccccc2)cc1. The summed E-state index contributed by atoms with van der Waals surface area (Å²) in [6.07, 6.45) is -0.836. The Morgan fingerprint density at radius 2 is 1.57 bits per heavy atom. The molecule has 0 bridgehead atoms. The van der Waals surface area contributed by atoms with E-state index in [1.807, 2.05) is 6.92 Å². The number of nitrogens with one attached hydrogen (secondary N) is 3. The van der Waals surface area contributed by atoms with Crippen LogP contribution in [0.25, 0.3) is 0 Å². The first kappa shape index (κ1) is 20.8. The molecule has 8 heteroatoms. The highest BCUT2D eigenvalue weighted by Crippen LogP contribution is 2.18. The molecule has 0 aromatic heterocycles. The Balaban J connectivity index is 1.71. The van der Waals surface area contributed by atoms with Gasteiger partial charge in [0.05, 0.1) is 13.2 Å². The van der Waals surface area contributed by atoms with Crippen molar-refractivity contribution in [2.75, 3.05) is 13.2 Å². The topological polar surface area (TPSA) is 106 Å². The van der Waals surface area contributed by atoms with E-state index in [1.54, 1.807) is 61.5 Å². The number of amides is 3. The van der Waals surface area contributed by atoms with E-state index in [-0.39, 0.29) is 12.5 Å². The van der Waals surface area contributed by atoms with Crippen LogP contribution in [0.4, 0.5) is 0 Å². The molecule has 1 atom stereocenters. The molecule has 0 fully saturated rings. The lowest BCUT2D eigenvalue weighted by Crippen LogP contribution is -2.50. The van der Waals surface area contributed by atoms with Crippen LogP contribution >= 0.6 is 0 Å². The average molecular weight is 385 g/mol. The lowest BCUT2D eigenvalue weighted by molar-refractivity contribution is -0.132. The lowest BCUT2D eigenvalue weighted by atomic mass is 10.2. The fourth-order valence-corrected chi connectivity index (χ4v) is 2.17. The normalized spacial score (nSPS) is 11.1. The van der Waals surface area contributed by atoms with Crippen molar-refractivity contribution in [3.63, 3.8) is 0 Å². The van der Waals surface area contributed by atoms with Gasteiger partial charge >= 0.3 is 0 Å². The molecule has 2 aromatic rings. The van der Waals surface area contributed by atoms with Gasteiger partial charge in [-0.1, -0.05) is 18.2 Å². The second-order valence-electron chi connectivity index (χ2n) is 5.75. The van der Waals surface area contributed by atoms with Gasteiger partial charge in [-0.15, -0.1) is 0 Å². The van der Waals surface area contributed by atoms with Gasteiger partial charge in [0.1, 0.15) is 11.5 Å². The molecule has 0 aliphatic heterocycles. The maximum absolute atomic E-state index is 12.0. The van der Waals surface area contributed by atoms with Crippen LogP contribution in [0.15, 0.2) is 54.6 Å². The van der Waals surface area contributed by atoms with Crippen LogP contribution < -0.4 is 25.6 Å². The first-order valence-electron chi connectivity index (χ1n) is 8.81. The van der Waals surface area contributed by atoms with E-state index in [4.69, 9.17) is 9.47 Å². The van der Waals surface area contributed by atoms with Crippen LogP contribution in [-0.4, -0.2) is 37.0 Å². The van der Waals surface area contributed by atoms with Gasteiger partial charge in [0.25, 0.3) is 17.7 Å². The number of ether oxygens (including phenoxy) is 2. The van der Waals surface area contributed by atoms with Crippen LogP contribution in [-0.2, 0) is 9.59 Å². The van der Waals surface area contributed by atoms with E-state index in [0.717, 1.165) is 0 Å². The summed E-state index contributed by atoms with van der Waals surface area (Å²) in [6, 6.07) is 15.3. The first-order chi connectivity index (χ1) is 13.5. The third-order valence-corrected chi connectivity index (χ3v) is 3.59. The third-order valence-electron chi connectivity index (χ3n) is 3.59. The van der Waals surface area contributed by atoms with E-state index in [1.165, 1.54) is 0 Å². The minimum absolute atomic E-state index is 0.276. The smallest absolute Gasteiger partial charge is 0.279 e. The van der Waals surface area contributed by atoms with Gasteiger partial charge in [0.15, 0.2) is 6.10 Å². The minimum Gasteiger partial charge on any atom is -0.494 e. The van der Waals surface area contributed by atoms with Crippen molar-refractivity contribution in [1.82, 2.24) is 16.2 Å². The number of hydrogen-bond donors (Lipinski definition) is 3. The van der Waals surface area contributed by atoms with Gasteiger partial charge in [0.2, 0.25) is 0 Å². The van der Waals surface area contributed by atoms with E-state index in [9.17, 15) is 14.4 Å². The predicted molar refractivity (Wildman–Crippen MR) is 103 cm³/mol. The molecule has 0 aliphatic rings. The van der Waals surface area contributed by atoms with Crippen LogP contribution in [0.2, 0.25) is 0 Å². The number of benzene rings is 2. The molecule has 0 aliphatic carbocycles. The zero-order valence-electron chi connectivity index (χ0n) is 15.7. The second kappa shape index (κ2) is 10.6. The molecule has 28 heavy (non-hydrogen) atoms. The van der Waals surface area contributed by atoms with Crippen LogP contribution in [0, 0.1) is 0 Å². The highest BCUT2D eigenvalue weighted by molar-refractivity contribution is 5.96. The van der Waals surface area contributed by atoms with Gasteiger partial charge in [-0.2, -0.15) is 0 Å². The predicted octanol–water partition coefficient (Wildman–Crippen LogP) is 1.43. The monoisotopic (exact) mass is 385 g/mol. The molecular formula is C20H23N3O5. The number of hydrazine groups is 1. The van der Waals surface area contributed by atoms with Crippen LogP contribution in [0.1, 0.15) is 24.2 Å². The summed E-state index contributed by atoms with van der Waals surface area (Å²) in [5.74, 6) is -0.277. The highest BCUT2D eigenvalue weighted by atomic mass is 16.5. The molecule has 0 spiro atoms. The van der Waals surface area contributed by atoms with Crippen LogP contribution in [0.5, 0.6) is 11.5 Å². The fraction of sp³-hybridized carbons (Fsp3) is 0.250. The maximum atomic E-state index is 12.0. The van der Waals surface area contributed by atoms with E-state index < -0.39 is 17.9 Å². The van der Waals surface area contributed by atoms with Crippen LogP contribution in [0.3, 0.4) is 0 Å². The Labute approximate surface area is 163 Å². The van der Waals surface area contributed by atoms with Crippen molar-refractivity contribution in [2.24, 2.45) is 0 Å². The summed E-state index contributed by atoms with van der Waals surface area (Å²) in [4.78, 5) is 35.6. The van der Waals surface area contributed by atoms with Crippen molar-refractivity contribution in [3.8, 4) is 11.5 Å². The van der Waals surface area contributed by atoms with E-state index >= 15 is 0 Å². The van der Waals surface area contributed by atoms with E-state index in [0.29, 0.717) is 23.7 Å². The standard InChI is InChI=1S/C20H23N3O5/c1-3-27-16-9-11-17(12-10-16)28-14(2)19(25)23-22-18(24)13-21-20(26)15-7-5-4-6-8-15/h4-12,14H,3,13H2,1-2H3,(H,21,26)(H,22,24)(H,23,25)/t14-/m0/s1. The van der Waals surface area contributed by atoms with Gasteiger partial charge in [0, 0.05) is 5.56 Å². The van der Waals surface area contributed by atoms with Gasteiger partial charge < -0.3 is 14.8 Å². The Morgan fingerprint density at radius 1 is 0.929 bits per heavy atom. The molecule has 8 nitrogen and oxygen atoms in total. The summed E-state index contributed by atoms with van der Waals surface area (Å²) >= 11 is 0. The Hall–Kier alpha value is -3.55. The molecule has 2 rings (SSSR count). The summed E-state index contributed by atoms with van der Waals surface area (Å²) in [6.45, 7) is 3.72. The number of carbonyl (C=O) groups excluding carboxylic acids is 3. The molecule has 0 heterocycles. The van der Waals surface area contributed by atoms with E-state index in [2.05, 4.69) is 16.2 Å². The van der Waals surface area contributed by atoms with Gasteiger partial charge in [-0.25, -0.2) is 0 Å². The number of carbonyl (C=O) groups is 3. The second-order valence-corrected chi connectivity index (χ2v) is 5.75.